The van der Waals surface area contributed by atoms with Gasteiger partial charge < -0.3 is 4.84 Å². The van der Waals surface area contributed by atoms with Crippen LogP contribution in [-0.4, -0.2) is 11.7 Å². The second kappa shape index (κ2) is 7.79. The summed E-state index contributed by atoms with van der Waals surface area (Å²) in [4.78, 5) is 17.8. The fraction of sp³-hybridized carbons (Fsp3) is 0.0909. The molecule has 0 spiro atoms. The first kappa shape index (κ1) is 18.1. The van der Waals surface area contributed by atoms with Crippen LogP contribution in [-0.2, 0) is 4.84 Å². The van der Waals surface area contributed by atoms with Crippen LogP contribution in [0.2, 0.25) is 0 Å². The van der Waals surface area contributed by atoms with Crippen molar-refractivity contribution < 1.29 is 9.63 Å². The zero-order valence-electron chi connectivity index (χ0n) is 14.2. The van der Waals surface area contributed by atoms with Gasteiger partial charge in [0.2, 0.25) is 0 Å². The quantitative estimate of drug-likeness (QED) is 0.247. The Labute approximate surface area is 174 Å². The number of alkyl halides is 2. The molecule has 4 rings (SSSR count). The molecule has 0 heterocycles. The number of oxime groups is 1. The number of rotatable bonds is 2. The van der Waals surface area contributed by atoms with Crippen LogP contribution >= 0.6 is 31.9 Å². The summed E-state index contributed by atoms with van der Waals surface area (Å²) in [6, 6.07) is 24.9. The van der Waals surface area contributed by atoms with E-state index in [0.29, 0.717) is 11.3 Å². The van der Waals surface area contributed by atoms with Crippen molar-refractivity contribution in [3.63, 3.8) is 0 Å². The molecule has 1 aliphatic carbocycles. The maximum absolute atomic E-state index is 12.4. The van der Waals surface area contributed by atoms with Gasteiger partial charge in [-0.05, 0) is 23.3 Å². The largest absolute Gasteiger partial charge is 0.365 e. The van der Waals surface area contributed by atoms with E-state index in [2.05, 4.69) is 49.1 Å². The smallest absolute Gasteiger partial charge is 0.312 e. The normalized spacial score (nSPS) is 18.1. The first-order valence-corrected chi connectivity index (χ1v) is 10.3. The van der Waals surface area contributed by atoms with Gasteiger partial charge in [-0.2, -0.15) is 0 Å². The molecule has 134 valence electrons. The molecule has 0 saturated heterocycles. The van der Waals surface area contributed by atoms with Gasteiger partial charge in [0.05, 0.1) is 15.2 Å². The van der Waals surface area contributed by atoms with Gasteiger partial charge in [-0.15, -0.1) is 0 Å². The Morgan fingerprint density at radius 2 is 1.22 bits per heavy atom. The lowest BCUT2D eigenvalue weighted by Crippen LogP contribution is -2.09. The summed E-state index contributed by atoms with van der Waals surface area (Å²) in [6.07, 6.45) is 0. The maximum Gasteiger partial charge on any atom is 0.365 e. The molecule has 2 unspecified atom stereocenters. The van der Waals surface area contributed by atoms with Gasteiger partial charge in [0.25, 0.3) is 0 Å². The number of carbonyl (C=O) groups excluding carboxylic acids is 1. The highest BCUT2D eigenvalue weighted by Gasteiger charge is 2.31. The van der Waals surface area contributed by atoms with E-state index in [1.807, 2.05) is 42.5 Å². The fourth-order valence-electron chi connectivity index (χ4n) is 3.18. The average molecular weight is 485 g/mol. The molecule has 0 aliphatic heterocycles. The van der Waals surface area contributed by atoms with Crippen molar-refractivity contribution in [1.29, 1.82) is 0 Å². The molecular weight excluding hydrogens is 470 g/mol. The molecule has 3 aromatic rings. The van der Waals surface area contributed by atoms with E-state index in [1.165, 1.54) is 0 Å². The molecule has 0 fully saturated rings. The predicted octanol–water partition coefficient (Wildman–Crippen LogP) is 6.18. The molecule has 0 amide bonds. The minimum absolute atomic E-state index is 0.0624. The second-order valence-corrected chi connectivity index (χ2v) is 8.14. The number of nitrogens with zero attached hydrogens (tertiary/aromatic N) is 1. The van der Waals surface area contributed by atoms with Gasteiger partial charge in [-0.25, -0.2) is 4.79 Å². The molecule has 0 N–H and O–H groups in total. The third kappa shape index (κ3) is 3.49. The summed E-state index contributed by atoms with van der Waals surface area (Å²) < 4.78 is 0. The number of carbonyl (C=O) groups is 1. The Morgan fingerprint density at radius 1 is 0.741 bits per heavy atom. The van der Waals surface area contributed by atoms with Crippen LogP contribution in [0.3, 0.4) is 0 Å². The first-order valence-electron chi connectivity index (χ1n) is 8.48. The van der Waals surface area contributed by atoms with E-state index >= 15 is 0 Å². The zero-order valence-corrected chi connectivity index (χ0v) is 17.4. The van der Waals surface area contributed by atoms with Crippen molar-refractivity contribution in [3.05, 3.63) is 107 Å². The number of hydrogen-bond donors (Lipinski definition) is 0. The zero-order chi connectivity index (χ0) is 18.8. The van der Waals surface area contributed by atoms with Gasteiger partial charge in [0.1, 0.15) is 5.71 Å². The summed E-state index contributed by atoms with van der Waals surface area (Å²) >= 11 is 7.61. The van der Waals surface area contributed by atoms with Crippen LogP contribution in [0.4, 0.5) is 0 Å². The Morgan fingerprint density at radius 3 is 1.78 bits per heavy atom. The molecule has 0 saturated carbocycles. The van der Waals surface area contributed by atoms with E-state index in [0.717, 1.165) is 22.3 Å². The van der Waals surface area contributed by atoms with Crippen LogP contribution in [0.1, 0.15) is 42.3 Å². The molecule has 0 bridgehead atoms. The van der Waals surface area contributed by atoms with Crippen molar-refractivity contribution in [2.24, 2.45) is 5.16 Å². The van der Waals surface area contributed by atoms with Gasteiger partial charge in [0.15, 0.2) is 0 Å². The molecule has 2 atom stereocenters. The topological polar surface area (TPSA) is 38.7 Å². The van der Waals surface area contributed by atoms with E-state index in [-0.39, 0.29) is 9.65 Å². The first-order chi connectivity index (χ1) is 13.2. The second-order valence-electron chi connectivity index (χ2n) is 6.16. The van der Waals surface area contributed by atoms with Gasteiger partial charge in [0, 0.05) is 11.1 Å². The average Bonchev–Trinajstić information content (AvgIpc) is 2.82. The Hall–Kier alpha value is -2.24. The Kier molecular flexibility index (Phi) is 5.23. The van der Waals surface area contributed by atoms with Gasteiger partial charge in [-0.3, -0.25) is 0 Å². The van der Waals surface area contributed by atoms with Crippen LogP contribution in [0.15, 0.2) is 84.0 Å². The highest BCUT2D eigenvalue weighted by molar-refractivity contribution is 9.12. The number of fused-ring (bicyclic) bond motifs is 2. The summed E-state index contributed by atoms with van der Waals surface area (Å²) in [7, 11) is 0. The van der Waals surface area contributed by atoms with Crippen molar-refractivity contribution in [2.75, 3.05) is 0 Å². The minimum Gasteiger partial charge on any atom is -0.312 e. The Balaban J connectivity index is 1.83. The molecule has 3 aromatic carbocycles. The lowest BCUT2D eigenvalue weighted by atomic mass is 9.98. The van der Waals surface area contributed by atoms with Crippen molar-refractivity contribution >= 4 is 43.5 Å². The highest BCUT2D eigenvalue weighted by atomic mass is 79.9. The van der Waals surface area contributed by atoms with Crippen LogP contribution < -0.4 is 0 Å². The number of benzene rings is 3. The van der Waals surface area contributed by atoms with Gasteiger partial charge >= 0.3 is 5.97 Å². The van der Waals surface area contributed by atoms with Crippen LogP contribution in [0, 0.1) is 0 Å². The molecule has 1 aliphatic rings. The van der Waals surface area contributed by atoms with E-state index in [9.17, 15) is 4.79 Å². The number of halogens is 2. The lowest BCUT2D eigenvalue weighted by Gasteiger charge is -2.16. The Bertz CT molecular complexity index is 964. The van der Waals surface area contributed by atoms with Crippen LogP contribution in [0.5, 0.6) is 0 Å². The summed E-state index contributed by atoms with van der Waals surface area (Å²) in [5, 5.41) is 4.30. The van der Waals surface area contributed by atoms with E-state index in [1.54, 1.807) is 24.3 Å². The monoisotopic (exact) mass is 483 g/mol. The third-order valence-corrected chi connectivity index (χ3v) is 7.27. The SMILES string of the molecule is O=C(ON=C1c2ccccc2C(Br)C(Br)c2ccccc21)c1ccccc1. The standard InChI is InChI=1S/C22H15Br2NO2/c23-19-15-10-4-6-12-17(15)21(18-13-7-5-11-16(18)20(19)24)25-27-22(26)14-8-2-1-3-9-14/h1-13,19-20H. The molecule has 3 nitrogen and oxygen atoms in total. The summed E-state index contributed by atoms with van der Waals surface area (Å²) in [5.74, 6) is -0.479. The molecule has 27 heavy (non-hydrogen) atoms. The maximum atomic E-state index is 12.4. The van der Waals surface area contributed by atoms with E-state index in [4.69, 9.17) is 4.84 Å². The van der Waals surface area contributed by atoms with Crippen molar-refractivity contribution in [2.45, 2.75) is 9.65 Å². The molecular formula is C22H15Br2NO2. The third-order valence-electron chi connectivity index (χ3n) is 4.51. The summed E-state index contributed by atoms with van der Waals surface area (Å²) in [5.41, 5.74) is 5.17. The fourth-order valence-corrected chi connectivity index (χ4v) is 4.55. The molecule has 5 heteroatoms. The van der Waals surface area contributed by atoms with Crippen molar-refractivity contribution in [1.82, 2.24) is 0 Å². The summed E-state index contributed by atoms with van der Waals surface area (Å²) in [6.45, 7) is 0. The minimum atomic E-state index is -0.479. The predicted molar refractivity (Wildman–Crippen MR) is 114 cm³/mol. The molecule has 0 radical (unpaired) electrons. The number of hydrogen-bond acceptors (Lipinski definition) is 3. The van der Waals surface area contributed by atoms with Crippen LogP contribution in [0.25, 0.3) is 0 Å². The van der Waals surface area contributed by atoms with E-state index < -0.39 is 5.97 Å². The highest BCUT2D eigenvalue weighted by Crippen LogP contribution is 2.47. The lowest BCUT2D eigenvalue weighted by molar-refractivity contribution is 0.0517. The van der Waals surface area contributed by atoms with Gasteiger partial charge in [-0.1, -0.05) is 104 Å². The van der Waals surface area contributed by atoms with Crippen molar-refractivity contribution in [3.8, 4) is 0 Å². The molecule has 0 aromatic heterocycles.